The van der Waals surface area contributed by atoms with E-state index in [1.165, 1.54) is 6.07 Å². The molecule has 0 aromatic heterocycles. The number of guanidine groups is 1. The SMILES string of the molecule is CN=C(NCC1(c2cccc(F)c2)CC1)NCC(C)(C)N(C)C.I. The maximum atomic E-state index is 13.5. The van der Waals surface area contributed by atoms with E-state index in [0.29, 0.717) is 0 Å². The monoisotopic (exact) mass is 448 g/mol. The molecule has 1 aromatic carbocycles. The molecule has 0 heterocycles. The largest absolute Gasteiger partial charge is 0.356 e. The Morgan fingerprint density at radius 3 is 2.46 bits per heavy atom. The molecule has 0 atom stereocenters. The zero-order valence-corrected chi connectivity index (χ0v) is 17.6. The second kappa shape index (κ2) is 8.47. The van der Waals surface area contributed by atoms with Crippen LogP contribution in [-0.4, -0.2) is 50.6 Å². The van der Waals surface area contributed by atoms with Crippen molar-refractivity contribution < 1.29 is 4.39 Å². The molecule has 2 N–H and O–H groups in total. The van der Waals surface area contributed by atoms with Crippen LogP contribution >= 0.6 is 24.0 Å². The summed E-state index contributed by atoms with van der Waals surface area (Å²) in [5.74, 6) is 0.631. The van der Waals surface area contributed by atoms with Crippen molar-refractivity contribution in [2.75, 3.05) is 34.2 Å². The van der Waals surface area contributed by atoms with E-state index < -0.39 is 0 Å². The van der Waals surface area contributed by atoms with Crippen molar-refractivity contribution >= 4 is 29.9 Å². The summed E-state index contributed by atoms with van der Waals surface area (Å²) in [5.41, 5.74) is 1.17. The highest BCUT2D eigenvalue weighted by Gasteiger charge is 2.44. The quantitative estimate of drug-likeness (QED) is 0.400. The smallest absolute Gasteiger partial charge is 0.191 e. The van der Waals surface area contributed by atoms with Crippen molar-refractivity contribution in [2.45, 2.75) is 37.6 Å². The van der Waals surface area contributed by atoms with Gasteiger partial charge in [-0.3, -0.25) is 4.99 Å². The summed E-state index contributed by atoms with van der Waals surface area (Å²) in [6, 6.07) is 6.96. The fraction of sp³-hybridized carbons (Fsp3) is 0.611. The van der Waals surface area contributed by atoms with Crippen molar-refractivity contribution in [3.8, 4) is 0 Å². The number of rotatable bonds is 6. The number of benzene rings is 1. The first kappa shape index (κ1) is 21.2. The molecule has 1 saturated carbocycles. The highest BCUT2D eigenvalue weighted by molar-refractivity contribution is 14.0. The van der Waals surface area contributed by atoms with Gasteiger partial charge in [0.15, 0.2) is 5.96 Å². The van der Waals surface area contributed by atoms with Gasteiger partial charge in [0.2, 0.25) is 0 Å². The molecule has 1 aliphatic rings. The highest BCUT2D eigenvalue weighted by Crippen LogP contribution is 2.47. The Hall–Kier alpha value is -0.890. The van der Waals surface area contributed by atoms with Crippen LogP contribution in [0.3, 0.4) is 0 Å². The molecule has 0 spiro atoms. The van der Waals surface area contributed by atoms with Crippen molar-refractivity contribution in [3.63, 3.8) is 0 Å². The fourth-order valence-electron chi connectivity index (χ4n) is 2.47. The van der Waals surface area contributed by atoms with Gasteiger partial charge in [-0.05, 0) is 58.5 Å². The van der Waals surface area contributed by atoms with Crippen LogP contribution in [0.4, 0.5) is 4.39 Å². The van der Waals surface area contributed by atoms with E-state index in [4.69, 9.17) is 0 Å². The van der Waals surface area contributed by atoms with E-state index >= 15 is 0 Å². The molecule has 0 saturated heterocycles. The van der Waals surface area contributed by atoms with Gasteiger partial charge in [-0.15, -0.1) is 24.0 Å². The fourth-order valence-corrected chi connectivity index (χ4v) is 2.47. The summed E-state index contributed by atoms with van der Waals surface area (Å²) in [5, 5.41) is 6.78. The molecular formula is C18H30FIN4. The van der Waals surface area contributed by atoms with E-state index in [1.807, 2.05) is 6.07 Å². The molecule has 24 heavy (non-hydrogen) atoms. The van der Waals surface area contributed by atoms with E-state index in [-0.39, 0.29) is 40.7 Å². The van der Waals surface area contributed by atoms with Gasteiger partial charge in [-0.25, -0.2) is 4.39 Å². The van der Waals surface area contributed by atoms with Crippen LogP contribution in [0.15, 0.2) is 29.3 Å². The Morgan fingerprint density at radius 2 is 1.96 bits per heavy atom. The minimum atomic E-state index is -0.163. The minimum absolute atomic E-state index is 0. The summed E-state index contributed by atoms with van der Waals surface area (Å²) in [6.45, 7) is 5.94. The summed E-state index contributed by atoms with van der Waals surface area (Å²) in [4.78, 5) is 6.48. The molecule has 0 aliphatic heterocycles. The lowest BCUT2D eigenvalue weighted by atomic mass is 9.96. The minimum Gasteiger partial charge on any atom is -0.356 e. The highest BCUT2D eigenvalue weighted by atomic mass is 127. The molecule has 1 fully saturated rings. The van der Waals surface area contributed by atoms with E-state index in [0.717, 1.165) is 37.5 Å². The lowest BCUT2D eigenvalue weighted by Crippen LogP contribution is -2.51. The first-order chi connectivity index (χ1) is 10.8. The van der Waals surface area contributed by atoms with Crippen molar-refractivity contribution in [2.24, 2.45) is 4.99 Å². The Bertz CT molecular complexity index is 568. The van der Waals surface area contributed by atoms with Crippen LogP contribution in [0.5, 0.6) is 0 Å². The van der Waals surface area contributed by atoms with Gasteiger partial charge >= 0.3 is 0 Å². The van der Waals surface area contributed by atoms with Gasteiger partial charge in [0.25, 0.3) is 0 Å². The molecule has 0 bridgehead atoms. The molecule has 2 rings (SSSR count). The maximum absolute atomic E-state index is 13.5. The topological polar surface area (TPSA) is 39.7 Å². The molecule has 0 unspecified atom stereocenters. The second-order valence-electron chi connectivity index (χ2n) is 7.28. The number of halogens is 2. The number of nitrogens with one attached hydrogen (secondary N) is 2. The molecular weight excluding hydrogens is 418 g/mol. The van der Waals surface area contributed by atoms with Gasteiger partial charge < -0.3 is 15.5 Å². The summed E-state index contributed by atoms with van der Waals surface area (Å²) in [7, 11) is 5.92. The van der Waals surface area contributed by atoms with E-state index in [9.17, 15) is 4.39 Å². The lowest BCUT2D eigenvalue weighted by molar-refractivity contribution is 0.197. The van der Waals surface area contributed by atoms with Crippen molar-refractivity contribution in [3.05, 3.63) is 35.6 Å². The van der Waals surface area contributed by atoms with Crippen LogP contribution < -0.4 is 10.6 Å². The van der Waals surface area contributed by atoms with Gasteiger partial charge in [0.05, 0.1) is 0 Å². The number of likely N-dealkylation sites (N-methyl/N-ethyl adjacent to an activating group) is 1. The third-order valence-electron chi connectivity index (χ3n) is 5.01. The van der Waals surface area contributed by atoms with Gasteiger partial charge in [0, 0.05) is 31.1 Å². The molecule has 1 aromatic rings. The van der Waals surface area contributed by atoms with Gasteiger partial charge in [0.1, 0.15) is 5.82 Å². The molecule has 1 aliphatic carbocycles. The number of hydrogen-bond acceptors (Lipinski definition) is 2. The second-order valence-corrected chi connectivity index (χ2v) is 7.28. The molecule has 136 valence electrons. The summed E-state index contributed by atoms with van der Waals surface area (Å²) < 4.78 is 13.5. The van der Waals surface area contributed by atoms with Crippen LogP contribution in [-0.2, 0) is 5.41 Å². The molecule has 6 heteroatoms. The predicted octanol–water partition coefficient (Wildman–Crippen LogP) is 2.98. The Morgan fingerprint density at radius 1 is 1.29 bits per heavy atom. The molecule has 4 nitrogen and oxygen atoms in total. The molecule has 0 radical (unpaired) electrons. The van der Waals surface area contributed by atoms with Crippen molar-refractivity contribution in [1.29, 1.82) is 0 Å². The van der Waals surface area contributed by atoms with E-state index in [1.54, 1.807) is 19.2 Å². The van der Waals surface area contributed by atoms with Crippen molar-refractivity contribution in [1.82, 2.24) is 15.5 Å². The Balaban J connectivity index is 0.00000288. The zero-order chi connectivity index (χ0) is 17.1. The maximum Gasteiger partial charge on any atom is 0.191 e. The lowest BCUT2D eigenvalue weighted by Gasteiger charge is -2.33. The van der Waals surface area contributed by atoms with E-state index in [2.05, 4.69) is 48.5 Å². The average molecular weight is 448 g/mol. The van der Waals surface area contributed by atoms with Crippen LogP contribution in [0, 0.1) is 5.82 Å². The number of nitrogens with zero attached hydrogens (tertiary/aromatic N) is 2. The first-order valence-electron chi connectivity index (χ1n) is 8.17. The van der Waals surface area contributed by atoms with Crippen LogP contribution in [0.25, 0.3) is 0 Å². The third kappa shape index (κ3) is 5.31. The Kier molecular flexibility index (Phi) is 7.46. The standard InChI is InChI=1S/C18H29FN4.HI/c1-17(2,23(4)5)12-21-16(20-3)22-13-18(9-10-18)14-7-6-8-15(19)11-14;/h6-8,11H,9-10,12-13H2,1-5H3,(H2,20,21,22);1H. The normalized spacial score (nSPS) is 16.5. The van der Waals surface area contributed by atoms with Gasteiger partial charge in [-0.2, -0.15) is 0 Å². The zero-order valence-electron chi connectivity index (χ0n) is 15.3. The summed E-state index contributed by atoms with van der Waals surface area (Å²) >= 11 is 0. The predicted molar refractivity (Wildman–Crippen MR) is 110 cm³/mol. The number of aliphatic imine (C=N–C) groups is 1. The average Bonchev–Trinajstić information content (AvgIpc) is 3.28. The van der Waals surface area contributed by atoms with Crippen LogP contribution in [0.1, 0.15) is 32.3 Å². The molecule has 0 amide bonds. The van der Waals surface area contributed by atoms with Crippen LogP contribution in [0.2, 0.25) is 0 Å². The number of hydrogen-bond donors (Lipinski definition) is 2. The van der Waals surface area contributed by atoms with Gasteiger partial charge in [-0.1, -0.05) is 12.1 Å². The summed E-state index contributed by atoms with van der Waals surface area (Å²) in [6.07, 6.45) is 2.17. The Labute approximate surface area is 162 Å². The third-order valence-corrected chi connectivity index (χ3v) is 5.01. The first-order valence-corrected chi connectivity index (χ1v) is 8.17.